The van der Waals surface area contributed by atoms with Gasteiger partial charge in [-0.2, -0.15) is 0 Å². The first-order valence-corrected chi connectivity index (χ1v) is 11.9. The van der Waals surface area contributed by atoms with E-state index in [2.05, 4.69) is 5.32 Å². The van der Waals surface area contributed by atoms with Crippen LogP contribution in [0.3, 0.4) is 0 Å². The van der Waals surface area contributed by atoms with Crippen molar-refractivity contribution in [1.29, 1.82) is 0 Å². The molecule has 2 amide bonds. The Bertz CT molecular complexity index is 1500. The Labute approximate surface area is 219 Å². The summed E-state index contributed by atoms with van der Waals surface area (Å²) in [5, 5.41) is 2.64. The molecule has 6 nitrogen and oxygen atoms in total. The fourth-order valence-electron chi connectivity index (χ4n) is 3.92. The number of methoxy groups -OCH3 is 1. The molecule has 1 N–H and O–H groups in total. The monoisotopic (exact) mass is 506 g/mol. The maximum atomic E-state index is 13.4. The fraction of sp³-hybridized carbons (Fsp3) is 0.0333. The molecule has 4 aromatic rings. The minimum Gasteiger partial charge on any atom is -0.497 e. The molecule has 1 saturated heterocycles. The first kappa shape index (κ1) is 24.0. The van der Waals surface area contributed by atoms with Crippen LogP contribution in [0.25, 0.3) is 17.2 Å². The highest BCUT2D eigenvalue weighted by Gasteiger charge is 2.34. The van der Waals surface area contributed by atoms with Crippen molar-refractivity contribution >= 4 is 40.9 Å². The normalized spacial score (nSPS) is 14.5. The molecule has 0 saturated carbocycles. The van der Waals surface area contributed by atoms with Crippen molar-refractivity contribution in [3.05, 3.63) is 114 Å². The Morgan fingerprint density at radius 3 is 2.14 bits per heavy atom. The molecule has 37 heavy (non-hydrogen) atoms. The number of anilines is 1. The largest absolute Gasteiger partial charge is 0.497 e. The Hall–Kier alpha value is -4.75. The van der Waals surface area contributed by atoms with Crippen molar-refractivity contribution in [2.75, 3.05) is 12.0 Å². The summed E-state index contributed by atoms with van der Waals surface area (Å²) in [7, 11) is 1.63. The van der Waals surface area contributed by atoms with Crippen molar-refractivity contribution in [3.8, 4) is 28.4 Å². The van der Waals surface area contributed by atoms with Crippen LogP contribution in [0, 0.1) is 0 Å². The molecule has 4 aromatic carbocycles. The van der Waals surface area contributed by atoms with E-state index in [4.69, 9.17) is 21.7 Å². The Morgan fingerprint density at radius 2 is 1.43 bits per heavy atom. The van der Waals surface area contributed by atoms with Gasteiger partial charge in [0.1, 0.15) is 22.8 Å². The molecule has 1 heterocycles. The number of ether oxygens (including phenoxy) is 2. The first-order valence-electron chi connectivity index (χ1n) is 11.5. The van der Waals surface area contributed by atoms with Gasteiger partial charge >= 0.3 is 0 Å². The van der Waals surface area contributed by atoms with Gasteiger partial charge in [-0.1, -0.05) is 54.6 Å². The molecule has 0 bridgehead atoms. The molecule has 7 heteroatoms. The van der Waals surface area contributed by atoms with Crippen LogP contribution in [-0.4, -0.2) is 24.0 Å². The van der Waals surface area contributed by atoms with Crippen molar-refractivity contribution in [2.45, 2.75) is 0 Å². The second-order valence-corrected chi connectivity index (χ2v) is 8.61. The van der Waals surface area contributed by atoms with Gasteiger partial charge in [-0.15, -0.1) is 0 Å². The highest BCUT2D eigenvalue weighted by molar-refractivity contribution is 7.80. The van der Waals surface area contributed by atoms with Gasteiger partial charge in [-0.3, -0.25) is 19.8 Å². The Morgan fingerprint density at radius 1 is 0.757 bits per heavy atom. The van der Waals surface area contributed by atoms with Crippen LogP contribution in [-0.2, 0) is 9.59 Å². The van der Waals surface area contributed by atoms with Gasteiger partial charge in [-0.25, -0.2) is 0 Å². The summed E-state index contributed by atoms with van der Waals surface area (Å²) < 4.78 is 11.1. The SMILES string of the molecule is COc1cccc(-c2ccc(/C=C3\C(=O)NC(=S)N(c4ccc(Oc5ccccc5)cc4)C3=O)cc2)c1. The molecule has 0 radical (unpaired) electrons. The molecule has 182 valence electrons. The zero-order chi connectivity index (χ0) is 25.8. The summed E-state index contributed by atoms with van der Waals surface area (Å²) in [6, 6.07) is 31.6. The van der Waals surface area contributed by atoms with E-state index in [0.717, 1.165) is 16.9 Å². The number of rotatable bonds is 6. The van der Waals surface area contributed by atoms with E-state index in [1.807, 2.05) is 78.9 Å². The van der Waals surface area contributed by atoms with Crippen molar-refractivity contribution in [3.63, 3.8) is 0 Å². The third kappa shape index (κ3) is 5.27. The van der Waals surface area contributed by atoms with E-state index < -0.39 is 11.8 Å². The summed E-state index contributed by atoms with van der Waals surface area (Å²) in [6.45, 7) is 0. The third-order valence-electron chi connectivity index (χ3n) is 5.80. The summed E-state index contributed by atoms with van der Waals surface area (Å²) in [6.07, 6.45) is 1.56. The first-order chi connectivity index (χ1) is 18.0. The lowest BCUT2D eigenvalue weighted by molar-refractivity contribution is -0.122. The lowest BCUT2D eigenvalue weighted by atomic mass is 10.0. The highest BCUT2D eigenvalue weighted by atomic mass is 32.1. The number of nitrogens with one attached hydrogen (secondary N) is 1. The highest BCUT2D eigenvalue weighted by Crippen LogP contribution is 2.28. The zero-order valence-corrected chi connectivity index (χ0v) is 20.7. The number of para-hydroxylation sites is 1. The molecule has 1 aliphatic rings. The van der Waals surface area contributed by atoms with Crippen molar-refractivity contribution in [2.24, 2.45) is 0 Å². The maximum Gasteiger partial charge on any atom is 0.270 e. The maximum absolute atomic E-state index is 13.4. The summed E-state index contributed by atoms with van der Waals surface area (Å²) >= 11 is 5.31. The molecule has 1 aliphatic heterocycles. The van der Waals surface area contributed by atoms with E-state index in [-0.39, 0.29) is 10.7 Å². The average molecular weight is 507 g/mol. The predicted octanol–water partition coefficient (Wildman–Crippen LogP) is 5.99. The second kappa shape index (κ2) is 10.5. The van der Waals surface area contributed by atoms with E-state index in [1.165, 1.54) is 4.90 Å². The number of nitrogens with zero attached hydrogens (tertiary/aromatic N) is 1. The van der Waals surface area contributed by atoms with Crippen molar-refractivity contribution in [1.82, 2.24) is 5.32 Å². The number of hydrogen-bond acceptors (Lipinski definition) is 5. The standard InChI is InChI=1S/C30H22N2O4S/c1-35-26-9-5-6-22(19-26)21-12-10-20(11-13-21)18-27-28(33)31-30(37)32(29(27)34)23-14-16-25(17-15-23)36-24-7-3-2-4-8-24/h2-19H,1H3,(H,31,33,37)/b27-18+. The fourth-order valence-corrected chi connectivity index (χ4v) is 4.20. The topological polar surface area (TPSA) is 67.9 Å². The van der Waals surface area contributed by atoms with Crippen molar-refractivity contribution < 1.29 is 19.1 Å². The Balaban J connectivity index is 1.37. The van der Waals surface area contributed by atoms with Crippen LogP contribution in [0.15, 0.2) is 109 Å². The van der Waals surface area contributed by atoms with Crippen LogP contribution in [0.4, 0.5) is 5.69 Å². The molecule has 5 rings (SSSR count). The summed E-state index contributed by atoms with van der Waals surface area (Å²) in [5.41, 5.74) is 3.22. The van der Waals surface area contributed by atoms with Gasteiger partial charge in [-0.05, 0) is 83.5 Å². The van der Waals surface area contributed by atoms with Gasteiger partial charge in [0.25, 0.3) is 11.8 Å². The lowest BCUT2D eigenvalue weighted by Crippen LogP contribution is -2.54. The van der Waals surface area contributed by atoms with Crippen LogP contribution >= 0.6 is 12.2 Å². The predicted molar refractivity (Wildman–Crippen MR) is 148 cm³/mol. The third-order valence-corrected chi connectivity index (χ3v) is 6.08. The zero-order valence-electron chi connectivity index (χ0n) is 19.9. The van der Waals surface area contributed by atoms with Crippen LogP contribution < -0.4 is 19.7 Å². The molecular formula is C30H22N2O4S. The van der Waals surface area contributed by atoms with E-state index >= 15 is 0 Å². The minimum absolute atomic E-state index is 0.00709. The number of carbonyl (C=O) groups is 2. The van der Waals surface area contributed by atoms with Crippen LogP contribution in [0.5, 0.6) is 17.2 Å². The summed E-state index contributed by atoms with van der Waals surface area (Å²) in [4.78, 5) is 27.3. The van der Waals surface area contributed by atoms with E-state index in [9.17, 15) is 9.59 Å². The second-order valence-electron chi connectivity index (χ2n) is 8.22. The molecular weight excluding hydrogens is 484 g/mol. The quantitative estimate of drug-likeness (QED) is 0.198. The summed E-state index contributed by atoms with van der Waals surface area (Å²) in [5.74, 6) is 1.05. The number of amides is 2. The average Bonchev–Trinajstić information content (AvgIpc) is 2.93. The Kier molecular flexibility index (Phi) is 6.78. The lowest BCUT2D eigenvalue weighted by Gasteiger charge is -2.29. The van der Waals surface area contributed by atoms with Gasteiger partial charge in [0.05, 0.1) is 12.8 Å². The van der Waals surface area contributed by atoms with Gasteiger partial charge in [0.15, 0.2) is 5.11 Å². The molecule has 1 fully saturated rings. The molecule has 0 spiro atoms. The van der Waals surface area contributed by atoms with Crippen LogP contribution in [0.2, 0.25) is 0 Å². The number of thiocarbonyl (C=S) groups is 1. The number of carbonyl (C=O) groups excluding carboxylic acids is 2. The minimum atomic E-state index is -0.535. The van der Waals surface area contributed by atoms with Gasteiger partial charge in [0, 0.05) is 0 Å². The van der Waals surface area contributed by atoms with E-state index in [1.54, 1.807) is 37.5 Å². The smallest absolute Gasteiger partial charge is 0.270 e. The molecule has 0 aliphatic carbocycles. The number of hydrogen-bond donors (Lipinski definition) is 1. The molecule has 0 atom stereocenters. The molecule has 0 unspecified atom stereocenters. The number of benzene rings is 4. The van der Waals surface area contributed by atoms with Gasteiger partial charge < -0.3 is 9.47 Å². The van der Waals surface area contributed by atoms with E-state index in [0.29, 0.717) is 22.7 Å². The van der Waals surface area contributed by atoms with Gasteiger partial charge in [0.2, 0.25) is 0 Å². The molecule has 0 aromatic heterocycles. The van der Waals surface area contributed by atoms with Crippen LogP contribution in [0.1, 0.15) is 5.56 Å².